The number of piperidine rings is 3. The molecule has 0 aromatic heterocycles. The largest absolute Gasteiger partial charge is 0.380 e. The number of nitrogens with zero attached hydrogens (tertiary/aromatic N) is 2. The fraction of sp³-hybridized carbons (Fsp3) is 0.682. The number of benzene rings is 1. The molecule has 1 aromatic rings. The Morgan fingerprint density at radius 1 is 1.19 bits per heavy atom. The minimum Gasteiger partial charge on any atom is -0.380 e. The molecule has 0 saturated carbocycles. The Balaban J connectivity index is 1.39. The first-order chi connectivity index (χ1) is 12.6. The maximum absolute atomic E-state index is 13.4. The molecule has 0 N–H and O–H groups in total. The molecule has 1 aromatic carbocycles. The van der Waals surface area contributed by atoms with Crippen LogP contribution in [0.2, 0.25) is 0 Å². The number of rotatable bonds is 3. The van der Waals surface area contributed by atoms with Gasteiger partial charge >= 0.3 is 0 Å². The summed E-state index contributed by atoms with van der Waals surface area (Å²) in [6.45, 7) is 8.28. The van der Waals surface area contributed by atoms with E-state index >= 15 is 0 Å². The molecule has 4 nitrogen and oxygen atoms in total. The van der Waals surface area contributed by atoms with Gasteiger partial charge in [0.2, 0.25) is 5.91 Å². The molecule has 4 saturated heterocycles. The third kappa shape index (κ3) is 2.69. The molecule has 1 amide bonds. The average molecular weight is 354 g/mol. The predicted octanol–water partition coefficient (Wildman–Crippen LogP) is 2.88. The average Bonchev–Trinajstić information content (AvgIpc) is 2.66. The molecule has 4 heteroatoms. The number of ether oxygens (including phenoxy) is 1. The van der Waals surface area contributed by atoms with Gasteiger partial charge in [-0.3, -0.25) is 4.79 Å². The third-order valence-electron chi connectivity index (χ3n) is 7.36. The lowest BCUT2D eigenvalue weighted by molar-refractivity contribution is -0.165. The van der Waals surface area contributed by atoms with Crippen molar-refractivity contribution in [3.63, 3.8) is 0 Å². The Hall–Kier alpha value is -1.39. The number of hydrogen-bond donors (Lipinski definition) is 0. The van der Waals surface area contributed by atoms with Gasteiger partial charge in [-0.2, -0.15) is 0 Å². The summed E-state index contributed by atoms with van der Waals surface area (Å²) in [5.74, 6) is 1.70. The Morgan fingerprint density at radius 2 is 1.96 bits per heavy atom. The Kier molecular flexibility index (Phi) is 4.09. The molecular weight excluding hydrogens is 324 g/mol. The van der Waals surface area contributed by atoms with Crippen LogP contribution < -0.4 is 0 Å². The Labute approximate surface area is 156 Å². The zero-order chi connectivity index (χ0) is 17.7. The summed E-state index contributed by atoms with van der Waals surface area (Å²) < 4.78 is 5.58. The number of carbonyl (C=O) groups is 1. The minimum atomic E-state index is 0.0568. The Bertz CT molecular complexity index is 691. The molecule has 140 valence electrons. The molecule has 0 unspecified atom stereocenters. The zero-order valence-corrected chi connectivity index (χ0v) is 15.8. The fourth-order valence-corrected chi connectivity index (χ4v) is 5.83. The van der Waals surface area contributed by atoms with E-state index in [0.29, 0.717) is 11.8 Å². The van der Waals surface area contributed by atoms with Crippen molar-refractivity contribution in [1.82, 2.24) is 9.80 Å². The second-order valence-corrected chi connectivity index (χ2v) is 9.19. The summed E-state index contributed by atoms with van der Waals surface area (Å²) in [5.41, 5.74) is 2.82. The van der Waals surface area contributed by atoms with Crippen LogP contribution >= 0.6 is 0 Å². The van der Waals surface area contributed by atoms with E-state index in [1.165, 1.54) is 37.1 Å². The molecule has 0 aliphatic carbocycles. The van der Waals surface area contributed by atoms with Gasteiger partial charge in [-0.15, -0.1) is 0 Å². The van der Waals surface area contributed by atoms with Gasteiger partial charge in [0.1, 0.15) is 0 Å². The van der Waals surface area contributed by atoms with Gasteiger partial charge in [0.25, 0.3) is 0 Å². The molecule has 5 aliphatic heterocycles. The van der Waals surface area contributed by atoms with Crippen LogP contribution in [0.1, 0.15) is 43.4 Å². The van der Waals surface area contributed by atoms with Crippen molar-refractivity contribution in [3.8, 4) is 0 Å². The van der Waals surface area contributed by atoms with Gasteiger partial charge in [0, 0.05) is 24.9 Å². The minimum absolute atomic E-state index is 0.0568. The van der Waals surface area contributed by atoms with Gasteiger partial charge in [0.15, 0.2) is 0 Å². The molecule has 5 aliphatic rings. The monoisotopic (exact) mass is 354 g/mol. The molecule has 0 spiro atoms. The molecule has 0 radical (unpaired) electrons. The first-order valence-corrected chi connectivity index (χ1v) is 10.3. The van der Waals surface area contributed by atoms with Crippen molar-refractivity contribution in [1.29, 1.82) is 0 Å². The molecule has 2 atom stereocenters. The van der Waals surface area contributed by atoms with Crippen molar-refractivity contribution in [2.45, 2.75) is 38.6 Å². The molecule has 26 heavy (non-hydrogen) atoms. The standard InChI is InChI=1S/C22H30N2O2/c1-22(14-26-15-22)21-19-5-3-2-4-17(19)8-11-24(21)20(25)12-18-13-23-9-6-16(18)7-10-23/h2-5,16,18,21H,6-15H2,1H3/t18-,21-/m1/s1. The van der Waals surface area contributed by atoms with E-state index in [1.807, 2.05) is 0 Å². The number of amides is 1. The normalized spacial score (nSPS) is 34.9. The topological polar surface area (TPSA) is 32.8 Å². The van der Waals surface area contributed by atoms with Gasteiger partial charge in [0.05, 0.1) is 19.3 Å². The van der Waals surface area contributed by atoms with Crippen molar-refractivity contribution >= 4 is 5.91 Å². The lowest BCUT2D eigenvalue weighted by atomic mass is 9.72. The van der Waals surface area contributed by atoms with Crippen LogP contribution in [0, 0.1) is 17.3 Å². The highest BCUT2D eigenvalue weighted by Crippen LogP contribution is 2.47. The van der Waals surface area contributed by atoms with E-state index < -0.39 is 0 Å². The number of hydrogen-bond acceptors (Lipinski definition) is 3. The van der Waals surface area contributed by atoms with Crippen LogP contribution in [-0.2, 0) is 16.0 Å². The first-order valence-electron chi connectivity index (χ1n) is 10.3. The van der Waals surface area contributed by atoms with Gasteiger partial charge in [-0.05, 0) is 55.3 Å². The highest BCUT2D eigenvalue weighted by Gasteiger charge is 2.49. The van der Waals surface area contributed by atoms with Gasteiger partial charge in [-0.1, -0.05) is 31.2 Å². The van der Waals surface area contributed by atoms with Crippen molar-refractivity contribution in [3.05, 3.63) is 35.4 Å². The maximum atomic E-state index is 13.4. The predicted molar refractivity (Wildman–Crippen MR) is 101 cm³/mol. The SMILES string of the molecule is CC1([C@H]2c3ccccc3CCN2C(=O)C[C@@H]2CN3CCC2CC3)COC1. The van der Waals surface area contributed by atoms with Crippen LogP contribution in [0.25, 0.3) is 0 Å². The maximum Gasteiger partial charge on any atom is 0.223 e. The molecule has 5 heterocycles. The van der Waals surface area contributed by atoms with Crippen molar-refractivity contribution < 1.29 is 9.53 Å². The number of carbonyl (C=O) groups excluding carboxylic acids is 1. The summed E-state index contributed by atoms with van der Waals surface area (Å²) in [6.07, 6.45) is 4.29. The van der Waals surface area contributed by atoms with Crippen LogP contribution in [0.4, 0.5) is 0 Å². The molecule has 6 rings (SSSR count). The van der Waals surface area contributed by atoms with E-state index in [2.05, 4.69) is 41.0 Å². The first kappa shape index (κ1) is 16.8. The van der Waals surface area contributed by atoms with E-state index in [-0.39, 0.29) is 11.5 Å². The Morgan fingerprint density at radius 3 is 2.62 bits per heavy atom. The highest BCUT2D eigenvalue weighted by molar-refractivity contribution is 5.77. The second kappa shape index (κ2) is 6.35. The van der Waals surface area contributed by atoms with Gasteiger partial charge in [-0.25, -0.2) is 0 Å². The van der Waals surface area contributed by atoms with E-state index in [4.69, 9.17) is 4.74 Å². The van der Waals surface area contributed by atoms with Crippen LogP contribution in [0.3, 0.4) is 0 Å². The number of fused-ring (bicyclic) bond motifs is 4. The molecule has 4 fully saturated rings. The van der Waals surface area contributed by atoms with E-state index in [0.717, 1.165) is 45.1 Å². The third-order valence-corrected chi connectivity index (χ3v) is 7.36. The summed E-state index contributed by atoms with van der Waals surface area (Å²) >= 11 is 0. The van der Waals surface area contributed by atoms with Crippen LogP contribution in [-0.4, -0.2) is 55.1 Å². The summed E-state index contributed by atoms with van der Waals surface area (Å²) in [6, 6.07) is 8.89. The smallest absolute Gasteiger partial charge is 0.223 e. The summed E-state index contributed by atoms with van der Waals surface area (Å²) in [5, 5.41) is 0. The van der Waals surface area contributed by atoms with Crippen molar-refractivity contribution in [2.24, 2.45) is 17.3 Å². The zero-order valence-electron chi connectivity index (χ0n) is 15.8. The van der Waals surface area contributed by atoms with Crippen LogP contribution in [0.5, 0.6) is 0 Å². The molecular formula is C22H30N2O2. The highest BCUT2D eigenvalue weighted by atomic mass is 16.5. The van der Waals surface area contributed by atoms with Crippen molar-refractivity contribution in [2.75, 3.05) is 39.4 Å². The quantitative estimate of drug-likeness (QED) is 0.837. The van der Waals surface area contributed by atoms with E-state index in [9.17, 15) is 4.79 Å². The second-order valence-electron chi connectivity index (χ2n) is 9.19. The lowest BCUT2D eigenvalue weighted by Crippen LogP contribution is -2.55. The summed E-state index contributed by atoms with van der Waals surface area (Å²) in [7, 11) is 0. The summed E-state index contributed by atoms with van der Waals surface area (Å²) in [4.78, 5) is 18.2. The van der Waals surface area contributed by atoms with Gasteiger partial charge < -0.3 is 14.5 Å². The fourth-order valence-electron chi connectivity index (χ4n) is 5.83. The van der Waals surface area contributed by atoms with Crippen LogP contribution in [0.15, 0.2) is 24.3 Å². The lowest BCUT2D eigenvalue weighted by Gasteiger charge is -2.52. The van der Waals surface area contributed by atoms with E-state index in [1.54, 1.807) is 0 Å². The molecule has 2 bridgehead atoms.